The number of amides is 1. The molecule has 2 aromatic rings. The number of sulfonamides is 1. The number of anilines is 1. The van der Waals surface area contributed by atoms with Crippen molar-refractivity contribution >= 4 is 39.2 Å². The molecule has 26 heavy (non-hydrogen) atoms. The van der Waals surface area contributed by atoms with Gasteiger partial charge in [0.15, 0.2) is 6.61 Å². The summed E-state index contributed by atoms with van der Waals surface area (Å²) in [4.78, 5) is 27.5. The number of carbonyl (C=O) groups is 2. The van der Waals surface area contributed by atoms with E-state index in [2.05, 4.69) is 15.0 Å². The molecule has 0 aliphatic heterocycles. The van der Waals surface area contributed by atoms with E-state index in [0.717, 1.165) is 0 Å². The molecule has 0 aliphatic carbocycles. The number of ether oxygens (including phenoxy) is 1. The van der Waals surface area contributed by atoms with Gasteiger partial charge in [-0.1, -0.05) is 17.7 Å². The topological polar surface area (TPSA) is 114 Å². The average Bonchev–Trinajstić information content (AvgIpc) is 2.61. The van der Waals surface area contributed by atoms with Gasteiger partial charge in [-0.15, -0.1) is 0 Å². The van der Waals surface area contributed by atoms with Gasteiger partial charge in [-0.3, -0.25) is 4.79 Å². The van der Waals surface area contributed by atoms with E-state index in [1.165, 1.54) is 31.4 Å². The van der Waals surface area contributed by atoms with Crippen LogP contribution in [0.1, 0.15) is 15.9 Å². The molecule has 0 spiro atoms. The summed E-state index contributed by atoms with van der Waals surface area (Å²) in [5.74, 6) is -1.34. The van der Waals surface area contributed by atoms with Crippen molar-refractivity contribution in [3.05, 3.63) is 52.8 Å². The predicted octanol–water partition coefficient (Wildman–Crippen LogP) is 1.75. The highest BCUT2D eigenvalue weighted by molar-refractivity contribution is 7.89. The minimum Gasteiger partial charge on any atom is -0.452 e. The number of aromatic nitrogens is 1. The first-order valence-corrected chi connectivity index (χ1v) is 9.22. The Bertz CT molecular complexity index is 929. The molecule has 1 aromatic carbocycles. The van der Waals surface area contributed by atoms with Gasteiger partial charge in [-0.25, -0.2) is 22.9 Å². The third-order valence-electron chi connectivity index (χ3n) is 3.33. The second kappa shape index (κ2) is 8.26. The lowest BCUT2D eigenvalue weighted by atomic mass is 10.2. The molecule has 1 aromatic heterocycles. The molecule has 2 rings (SSSR count). The molecule has 0 unspecified atom stereocenters. The summed E-state index contributed by atoms with van der Waals surface area (Å²) in [6, 6.07) is 7.28. The molecular formula is C16H16ClN3O5S. The van der Waals surface area contributed by atoms with E-state index in [0.29, 0.717) is 5.56 Å². The highest BCUT2D eigenvalue weighted by Crippen LogP contribution is 2.20. The minimum atomic E-state index is -3.66. The fourth-order valence-corrected chi connectivity index (χ4v) is 3.09. The van der Waals surface area contributed by atoms with Crippen molar-refractivity contribution in [1.82, 2.24) is 9.71 Å². The van der Waals surface area contributed by atoms with E-state index in [-0.39, 0.29) is 21.3 Å². The zero-order valence-electron chi connectivity index (χ0n) is 13.9. The molecule has 138 valence electrons. The van der Waals surface area contributed by atoms with E-state index >= 15 is 0 Å². The average molecular weight is 398 g/mol. The first-order valence-electron chi connectivity index (χ1n) is 7.35. The maximum atomic E-state index is 11.9. The van der Waals surface area contributed by atoms with Crippen molar-refractivity contribution in [2.75, 3.05) is 19.0 Å². The molecule has 0 atom stereocenters. The molecule has 0 saturated heterocycles. The molecule has 1 amide bonds. The van der Waals surface area contributed by atoms with Gasteiger partial charge in [0.05, 0.1) is 10.5 Å². The van der Waals surface area contributed by atoms with Gasteiger partial charge in [0.25, 0.3) is 5.91 Å². The van der Waals surface area contributed by atoms with Gasteiger partial charge >= 0.3 is 5.97 Å². The van der Waals surface area contributed by atoms with Crippen LogP contribution in [0.3, 0.4) is 0 Å². The summed E-state index contributed by atoms with van der Waals surface area (Å²) in [5.41, 5.74) is 0.942. The Morgan fingerprint density at radius 3 is 2.58 bits per heavy atom. The molecule has 10 heteroatoms. The number of aryl methyl sites for hydroxylation is 1. The van der Waals surface area contributed by atoms with Crippen LogP contribution in [0.15, 0.2) is 41.4 Å². The standard InChI is InChI=1S/C16H16ClN3O5S/c1-10-3-5-12(7-13(10)26(23,24)18-2)20-15(21)9-25-16(22)11-4-6-14(17)19-8-11/h3-8,18H,9H2,1-2H3,(H,20,21). The lowest BCUT2D eigenvalue weighted by Gasteiger charge is -2.10. The molecule has 8 nitrogen and oxygen atoms in total. The second-order valence-corrected chi connectivity index (χ2v) is 7.42. The highest BCUT2D eigenvalue weighted by atomic mass is 35.5. The van der Waals surface area contributed by atoms with E-state index < -0.39 is 28.5 Å². The largest absolute Gasteiger partial charge is 0.452 e. The Balaban J connectivity index is 2.01. The lowest BCUT2D eigenvalue weighted by Crippen LogP contribution is -2.22. The van der Waals surface area contributed by atoms with Gasteiger partial charge in [-0.05, 0) is 43.8 Å². The first-order chi connectivity index (χ1) is 12.2. The molecule has 0 aliphatic rings. The molecule has 0 radical (unpaired) electrons. The Labute approximate surface area is 155 Å². The summed E-state index contributed by atoms with van der Waals surface area (Å²) in [6.07, 6.45) is 1.23. The smallest absolute Gasteiger partial charge is 0.340 e. The summed E-state index contributed by atoms with van der Waals surface area (Å²) in [5, 5.41) is 2.70. The van der Waals surface area contributed by atoms with E-state index in [4.69, 9.17) is 16.3 Å². The summed E-state index contributed by atoms with van der Waals surface area (Å²) in [7, 11) is -2.36. The van der Waals surface area contributed by atoms with Crippen LogP contribution in [0.25, 0.3) is 0 Å². The Hall–Kier alpha value is -2.49. The van der Waals surface area contributed by atoms with Crippen LogP contribution in [0.5, 0.6) is 0 Å². The quantitative estimate of drug-likeness (QED) is 0.567. The minimum absolute atomic E-state index is 0.0435. The molecule has 0 saturated carbocycles. The monoisotopic (exact) mass is 397 g/mol. The highest BCUT2D eigenvalue weighted by Gasteiger charge is 2.16. The number of rotatable bonds is 6. The predicted molar refractivity (Wildman–Crippen MR) is 95.6 cm³/mol. The van der Waals surface area contributed by atoms with Crippen LogP contribution >= 0.6 is 11.6 Å². The fourth-order valence-electron chi connectivity index (χ4n) is 1.99. The Morgan fingerprint density at radius 1 is 1.23 bits per heavy atom. The molecular weight excluding hydrogens is 382 g/mol. The number of halogens is 1. The zero-order valence-corrected chi connectivity index (χ0v) is 15.5. The number of carbonyl (C=O) groups excluding carboxylic acids is 2. The summed E-state index contributed by atoms with van der Waals surface area (Å²) in [6.45, 7) is 1.10. The number of nitrogens with zero attached hydrogens (tertiary/aromatic N) is 1. The van der Waals surface area contributed by atoms with Gasteiger partial charge in [-0.2, -0.15) is 0 Å². The van der Waals surface area contributed by atoms with Crippen LogP contribution in [-0.2, 0) is 19.6 Å². The number of esters is 1. The molecule has 1 heterocycles. The number of nitrogens with one attached hydrogen (secondary N) is 2. The fraction of sp³-hybridized carbons (Fsp3) is 0.188. The van der Waals surface area contributed by atoms with Gasteiger partial charge in [0.1, 0.15) is 5.15 Å². The summed E-state index contributed by atoms with van der Waals surface area (Å²) < 4.78 is 31.0. The van der Waals surface area contributed by atoms with Gasteiger partial charge in [0, 0.05) is 11.9 Å². The Morgan fingerprint density at radius 2 is 1.96 bits per heavy atom. The SMILES string of the molecule is CNS(=O)(=O)c1cc(NC(=O)COC(=O)c2ccc(Cl)nc2)ccc1C. The van der Waals surface area contributed by atoms with Crippen LogP contribution in [-0.4, -0.2) is 38.9 Å². The maximum absolute atomic E-state index is 11.9. The van der Waals surface area contributed by atoms with Crippen LogP contribution in [0.2, 0.25) is 5.15 Å². The first kappa shape index (κ1) is 19.8. The Kier molecular flexibility index (Phi) is 6.30. The second-order valence-electron chi connectivity index (χ2n) is 5.18. The zero-order chi connectivity index (χ0) is 19.3. The van der Waals surface area contributed by atoms with Crippen LogP contribution in [0.4, 0.5) is 5.69 Å². The van der Waals surface area contributed by atoms with Crippen LogP contribution in [0, 0.1) is 6.92 Å². The molecule has 0 bridgehead atoms. The summed E-state index contributed by atoms with van der Waals surface area (Å²) >= 11 is 5.63. The van der Waals surface area contributed by atoms with Crippen molar-refractivity contribution in [2.45, 2.75) is 11.8 Å². The van der Waals surface area contributed by atoms with Crippen molar-refractivity contribution in [3.63, 3.8) is 0 Å². The maximum Gasteiger partial charge on any atom is 0.340 e. The van der Waals surface area contributed by atoms with Gasteiger partial charge in [0.2, 0.25) is 10.0 Å². The third kappa shape index (κ3) is 5.01. The number of pyridine rings is 1. The van der Waals surface area contributed by atoms with E-state index in [9.17, 15) is 18.0 Å². The molecule has 0 fully saturated rings. The number of hydrogen-bond donors (Lipinski definition) is 2. The van der Waals surface area contributed by atoms with Crippen molar-refractivity contribution in [2.24, 2.45) is 0 Å². The van der Waals surface area contributed by atoms with Crippen molar-refractivity contribution in [3.8, 4) is 0 Å². The number of hydrogen-bond acceptors (Lipinski definition) is 6. The number of benzene rings is 1. The normalized spacial score (nSPS) is 11.0. The van der Waals surface area contributed by atoms with Gasteiger partial charge < -0.3 is 10.1 Å². The molecule has 2 N–H and O–H groups in total. The van der Waals surface area contributed by atoms with E-state index in [1.807, 2.05) is 0 Å². The van der Waals surface area contributed by atoms with Crippen molar-refractivity contribution in [1.29, 1.82) is 0 Å². The van der Waals surface area contributed by atoms with E-state index in [1.54, 1.807) is 19.1 Å². The van der Waals surface area contributed by atoms with Crippen molar-refractivity contribution < 1.29 is 22.7 Å². The van der Waals surface area contributed by atoms with Crippen LogP contribution < -0.4 is 10.0 Å². The lowest BCUT2D eigenvalue weighted by molar-refractivity contribution is -0.119. The third-order valence-corrected chi connectivity index (χ3v) is 5.11.